The van der Waals surface area contributed by atoms with Crippen LogP contribution in [0.15, 0.2) is 24.3 Å². The van der Waals surface area contributed by atoms with Gasteiger partial charge in [0.15, 0.2) is 0 Å². The summed E-state index contributed by atoms with van der Waals surface area (Å²) < 4.78 is 26.7. The third-order valence-corrected chi connectivity index (χ3v) is 8.85. The molecular formula is C24H39N3O3S. The molecule has 1 heterocycles. The Balaban J connectivity index is 1.50. The number of anilines is 2. The first-order valence-corrected chi connectivity index (χ1v) is 13.1. The third kappa shape index (κ3) is 6.22. The Bertz CT molecular complexity index is 843. The van der Waals surface area contributed by atoms with Gasteiger partial charge in [0.05, 0.1) is 4.75 Å². The first-order chi connectivity index (χ1) is 14.4. The van der Waals surface area contributed by atoms with Crippen LogP contribution in [-0.2, 0) is 14.8 Å². The minimum Gasteiger partial charge on any atom is -0.371 e. The quantitative estimate of drug-likeness (QED) is 0.699. The number of piperidine rings is 1. The van der Waals surface area contributed by atoms with Crippen LogP contribution in [0.5, 0.6) is 0 Å². The van der Waals surface area contributed by atoms with Gasteiger partial charge >= 0.3 is 0 Å². The lowest BCUT2D eigenvalue weighted by molar-refractivity contribution is -0.120. The van der Waals surface area contributed by atoms with Crippen molar-refractivity contribution in [2.75, 3.05) is 23.3 Å². The summed E-state index contributed by atoms with van der Waals surface area (Å²) in [5.74, 6) is 1.36. The zero-order chi connectivity index (χ0) is 22.8. The van der Waals surface area contributed by atoms with E-state index in [9.17, 15) is 13.2 Å². The highest BCUT2D eigenvalue weighted by atomic mass is 32.2. The zero-order valence-electron chi connectivity index (χ0n) is 19.6. The number of benzene rings is 1. The number of rotatable bonds is 5. The van der Waals surface area contributed by atoms with Crippen LogP contribution < -0.4 is 14.9 Å². The molecule has 0 aromatic heterocycles. The van der Waals surface area contributed by atoms with Crippen molar-refractivity contribution in [2.24, 2.45) is 17.8 Å². The highest BCUT2D eigenvalue weighted by Crippen LogP contribution is 2.29. The van der Waals surface area contributed by atoms with E-state index in [1.165, 1.54) is 12.1 Å². The molecule has 31 heavy (non-hydrogen) atoms. The van der Waals surface area contributed by atoms with Gasteiger partial charge in [-0.1, -0.05) is 13.8 Å². The van der Waals surface area contributed by atoms with Crippen LogP contribution in [-0.4, -0.2) is 38.2 Å². The first-order valence-electron chi connectivity index (χ1n) is 11.6. The fraction of sp³-hybridized carbons (Fsp3) is 0.708. The summed E-state index contributed by atoms with van der Waals surface area (Å²) in [6.45, 7) is 11.9. The highest BCUT2D eigenvalue weighted by molar-refractivity contribution is 7.90. The van der Waals surface area contributed by atoms with Crippen LogP contribution in [0, 0.1) is 17.8 Å². The molecule has 1 aromatic rings. The predicted molar refractivity (Wildman–Crippen MR) is 128 cm³/mol. The number of sulfonamides is 1. The van der Waals surface area contributed by atoms with Gasteiger partial charge in [-0.05, 0) is 89.0 Å². The molecule has 1 saturated carbocycles. The lowest BCUT2D eigenvalue weighted by atomic mass is 9.86. The average Bonchev–Trinajstić information content (AvgIpc) is 2.67. The van der Waals surface area contributed by atoms with E-state index >= 15 is 0 Å². The van der Waals surface area contributed by atoms with Crippen molar-refractivity contribution < 1.29 is 13.2 Å². The molecule has 1 aliphatic heterocycles. The molecule has 7 heteroatoms. The van der Waals surface area contributed by atoms with Gasteiger partial charge in [-0.15, -0.1) is 0 Å². The van der Waals surface area contributed by atoms with Crippen LogP contribution in [0.2, 0.25) is 0 Å². The van der Waals surface area contributed by atoms with Gasteiger partial charge in [-0.25, -0.2) is 13.1 Å². The molecule has 0 bridgehead atoms. The predicted octanol–water partition coefficient (Wildman–Crippen LogP) is 4.38. The van der Waals surface area contributed by atoms with E-state index < -0.39 is 14.8 Å². The molecule has 1 saturated heterocycles. The number of nitrogens with one attached hydrogen (secondary N) is 2. The Labute approximate surface area is 188 Å². The summed E-state index contributed by atoms with van der Waals surface area (Å²) in [7, 11) is -3.36. The van der Waals surface area contributed by atoms with Crippen molar-refractivity contribution in [3.63, 3.8) is 0 Å². The Kier molecular flexibility index (Phi) is 7.36. The maximum absolute atomic E-state index is 12.7. The van der Waals surface area contributed by atoms with Gasteiger partial charge in [0.2, 0.25) is 15.9 Å². The standard InChI is InChI=1S/C24H39N3O3S/c1-17-14-18(2)16-27(15-17)22-12-10-20(11-13-22)25-23(28)19-6-8-21(9-7-19)26-31(29,30)24(3,4)5/h10-13,17-19,21,26H,6-9,14-16H2,1-5H3,(H,25,28). The van der Waals surface area contributed by atoms with E-state index in [0.29, 0.717) is 37.5 Å². The SMILES string of the molecule is CC1CC(C)CN(c2ccc(NC(=O)C3CCC(NS(=O)(=O)C(C)(C)C)CC3)cc2)C1. The number of carbonyl (C=O) groups is 1. The van der Waals surface area contributed by atoms with E-state index in [4.69, 9.17) is 0 Å². The number of nitrogens with zero attached hydrogens (tertiary/aromatic N) is 1. The molecule has 1 aromatic carbocycles. The van der Waals surface area contributed by atoms with Gasteiger partial charge in [-0.2, -0.15) is 0 Å². The maximum atomic E-state index is 12.7. The summed E-state index contributed by atoms with van der Waals surface area (Å²) in [5, 5.41) is 3.05. The maximum Gasteiger partial charge on any atom is 0.227 e. The fourth-order valence-electron chi connectivity index (χ4n) is 4.74. The molecule has 2 unspecified atom stereocenters. The molecular weight excluding hydrogens is 410 g/mol. The van der Waals surface area contributed by atoms with E-state index in [1.54, 1.807) is 20.8 Å². The second-order valence-corrected chi connectivity index (χ2v) is 13.1. The van der Waals surface area contributed by atoms with Crippen molar-refractivity contribution in [3.05, 3.63) is 24.3 Å². The average molecular weight is 450 g/mol. The van der Waals surface area contributed by atoms with Gasteiger partial charge in [-0.3, -0.25) is 4.79 Å². The van der Waals surface area contributed by atoms with Crippen LogP contribution in [0.1, 0.15) is 66.7 Å². The third-order valence-electron chi connectivity index (χ3n) is 6.59. The topological polar surface area (TPSA) is 78.5 Å². The smallest absolute Gasteiger partial charge is 0.227 e. The Morgan fingerprint density at radius 3 is 2.03 bits per heavy atom. The summed E-state index contributed by atoms with van der Waals surface area (Å²) >= 11 is 0. The second kappa shape index (κ2) is 9.49. The Morgan fingerprint density at radius 1 is 0.968 bits per heavy atom. The molecule has 2 aliphatic rings. The molecule has 1 amide bonds. The van der Waals surface area contributed by atoms with Crippen LogP contribution in [0.3, 0.4) is 0 Å². The van der Waals surface area contributed by atoms with Crippen LogP contribution >= 0.6 is 0 Å². The number of hydrogen-bond acceptors (Lipinski definition) is 4. The Morgan fingerprint density at radius 2 is 1.52 bits per heavy atom. The van der Waals surface area contributed by atoms with Crippen molar-refractivity contribution in [1.82, 2.24) is 4.72 Å². The molecule has 174 valence electrons. The summed E-state index contributed by atoms with van der Waals surface area (Å²) in [6, 6.07) is 8.08. The van der Waals surface area contributed by atoms with Crippen molar-refractivity contribution in [2.45, 2.75) is 77.5 Å². The summed E-state index contributed by atoms with van der Waals surface area (Å²) in [4.78, 5) is 15.2. The zero-order valence-corrected chi connectivity index (χ0v) is 20.5. The number of amides is 1. The van der Waals surface area contributed by atoms with Crippen molar-refractivity contribution >= 4 is 27.3 Å². The molecule has 1 aliphatic carbocycles. The van der Waals surface area contributed by atoms with Gasteiger partial charge in [0, 0.05) is 36.4 Å². The molecule has 2 N–H and O–H groups in total. The number of hydrogen-bond donors (Lipinski definition) is 2. The van der Waals surface area contributed by atoms with Crippen LogP contribution in [0.4, 0.5) is 11.4 Å². The van der Waals surface area contributed by atoms with E-state index in [0.717, 1.165) is 18.8 Å². The Hall–Kier alpha value is -1.60. The van der Waals surface area contributed by atoms with E-state index in [2.05, 4.69) is 40.9 Å². The second-order valence-electron chi connectivity index (χ2n) is 10.7. The number of carbonyl (C=O) groups excluding carboxylic acids is 1. The lowest BCUT2D eigenvalue weighted by Crippen LogP contribution is -2.46. The van der Waals surface area contributed by atoms with Gasteiger partial charge in [0.1, 0.15) is 0 Å². The normalized spacial score (nSPS) is 27.7. The first kappa shape index (κ1) is 24.1. The van der Waals surface area contributed by atoms with Gasteiger partial charge in [0.25, 0.3) is 0 Å². The minimum absolute atomic E-state index is 0.0325. The van der Waals surface area contributed by atoms with Gasteiger partial charge < -0.3 is 10.2 Å². The van der Waals surface area contributed by atoms with E-state index in [1.807, 2.05) is 12.1 Å². The molecule has 3 rings (SSSR count). The monoisotopic (exact) mass is 449 g/mol. The minimum atomic E-state index is -3.36. The molecule has 2 atom stereocenters. The largest absolute Gasteiger partial charge is 0.371 e. The van der Waals surface area contributed by atoms with Crippen molar-refractivity contribution in [3.8, 4) is 0 Å². The molecule has 2 fully saturated rings. The molecule has 6 nitrogen and oxygen atoms in total. The van der Waals surface area contributed by atoms with E-state index in [-0.39, 0.29) is 17.9 Å². The fourth-order valence-corrected chi connectivity index (χ4v) is 5.77. The summed E-state index contributed by atoms with van der Waals surface area (Å²) in [6.07, 6.45) is 4.06. The summed E-state index contributed by atoms with van der Waals surface area (Å²) in [5.41, 5.74) is 2.03. The lowest BCUT2D eigenvalue weighted by Gasteiger charge is -2.36. The molecule has 0 spiro atoms. The molecule has 0 radical (unpaired) electrons. The van der Waals surface area contributed by atoms with Crippen molar-refractivity contribution in [1.29, 1.82) is 0 Å². The highest BCUT2D eigenvalue weighted by Gasteiger charge is 2.34. The van der Waals surface area contributed by atoms with Crippen LogP contribution in [0.25, 0.3) is 0 Å².